The average molecular weight is 400 g/mol. The Morgan fingerprint density at radius 2 is 1.38 bits per heavy atom. The van der Waals surface area contributed by atoms with Gasteiger partial charge in [-0.25, -0.2) is 0 Å². The van der Waals surface area contributed by atoms with Crippen LogP contribution in [0.3, 0.4) is 0 Å². The van der Waals surface area contributed by atoms with Gasteiger partial charge in [0.05, 0.1) is 0 Å². The second-order valence-corrected chi connectivity index (χ2v) is 8.00. The highest BCUT2D eigenvalue weighted by atomic mass is 32.2. The van der Waals surface area contributed by atoms with Crippen molar-refractivity contribution in [2.45, 2.75) is 10.3 Å². The average Bonchev–Trinajstić information content (AvgIpc) is 2.78. The van der Waals surface area contributed by atoms with Crippen LogP contribution in [0.25, 0.3) is 22.0 Å². The number of aromatic nitrogens is 2. The summed E-state index contributed by atoms with van der Waals surface area (Å²) in [6.45, 7) is 0. The molecule has 3 aromatic carbocycles. The van der Waals surface area contributed by atoms with Crippen LogP contribution in [0.15, 0.2) is 90.0 Å². The van der Waals surface area contributed by atoms with Crippen molar-refractivity contribution >= 4 is 28.4 Å². The minimum atomic E-state index is -0.383. The van der Waals surface area contributed by atoms with Crippen LogP contribution in [0.4, 0.5) is 0 Å². The summed E-state index contributed by atoms with van der Waals surface area (Å²) in [4.78, 5) is 14.6. The maximum absolute atomic E-state index is 12.9. The molecule has 0 saturated heterocycles. The number of nitrogens with zero attached hydrogens (tertiary/aromatic N) is 3. The number of carbonyl (C=O) groups excluding carboxylic acids is 1. The molecule has 0 unspecified atom stereocenters. The molecule has 4 aromatic rings. The van der Waals surface area contributed by atoms with Gasteiger partial charge in [-0.1, -0.05) is 96.7 Å². The zero-order chi connectivity index (χ0) is 20.2. The first-order valence-corrected chi connectivity index (χ1v) is 10.3. The number of hydrogen-bond acceptors (Lipinski definition) is 4. The van der Waals surface area contributed by atoms with Gasteiger partial charge in [0.1, 0.15) is 16.0 Å². The standard InChI is InChI=1S/C24H21N3OS/c1-27(2)24(28)22(18-13-7-4-8-14-18)29-23-20-16-10-9-15-19(20)21(25-26-23)17-11-5-3-6-12-17/h3-16,22H,1-2H3/t22-/m1/s1. The molecule has 4 rings (SSSR count). The lowest BCUT2D eigenvalue weighted by molar-refractivity contribution is -0.128. The Balaban J connectivity index is 1.80. The van der Waals surface area contributed by atoms with Gasteiger partial charge in [-0.15, -0.1) is 10.2 Å². The monoisotopic (exact) mass is 399 g/mol. The van der Waals surface area contributed by atoms with Crippen LogP contribution in [-0.2, 0) is 4.79 Å². The molecule has 0 aliphatic carbocycles. The lowest BCUT2D eigenvalue weighted by Crippen LogP contribution is -2.26. The van der Waals surface area contributed by atoms with Gasteiger partial charge in [-0.05, 0) is 5.56 Å². The maximum Gasteiger partial charge on any atom is 0.240 e. The third-order valence-corrected chi connectivity index (χ3v) is 5.93. The lowest BCUT2D eigenvalue weighted by Gasteiger charge is -2.21. The van der Waals surface area contributed by atoms with E-state index < -0.39 is 0 Å². The number of rotatable bonds is 5. The van der Waals surface area contributed by atoms with E-state index in [1.807, 2.05) is 78.9 Å². The fourth-order valence-electron chi connectivity index (χ4n) is 3.21. The van der Waals surface area contributed by atoms with Crippen molar-refractivity contribution in [3.8, 4) is 11.3 Å². The van der Waals surface area contributed by atoms with Crippen molar-refractivity contribution in [2.75, 3.05) is 14.1 Å². The highest BCUT2D eigenvalue weighted by Crippen LogP contribution is 2.39. The number of thioether (sulfide) groups is 1. The Bertz CT molecular complexity index is 1130. The van der Waals surface area contributed by atoms with Gasteiger partial charge >= 0.3 is 0 Å². The van der Waals surface area contributed by atoms with Crippen molar-refractivity contribution in [3.05, 3.63) is 90.5 Å². The molecule has 0 aliphatic heterocycles. The summed E-state index contributed by atoms with van der Waals surface area (Å²) in [6, 6.07) is 28.0. The van der Waals surface area contributed by atoms with Gasteiger partial charge in [-0.2, -0.15) is 0 Å². The number of hydrogen-bond donors (Lipinski definition) is 0. The van der Waals surface area contributed by atoms with E-state index in [1.54, 1.807) is 19.0 Å². The molecule has 4 nitrogen and oxygen atoms in total. The van der Waals surface area contributed by atoms with Crippen LogP contribution in [-0.4, -0.2) is 35.1 Å². The summed E-state index contributed by atoms with van der Waals surface area (Å²) < 4.78 is 0. The molecule has 144 valence electrons. The highest BCUT2D eigenvalue weighted by Gasteiger charge is 2.25. The van der Waals surface area contributed by atoms with Gasteiger partial charge in [0.25, 0.3) is 0 Å². The third-order valence-electron chi connectivity index (χ3n) is 4.70. The first kappa shape index (κ1) is 19.2. The van der Waals surface area contributed by atoms with Crippen LogP contribution in [0.5, 0.6) is 0 Å². The first-order valence-electron chi connectivity index (χ1n) is 9.39. The predicted octanol–water partition coefficient (Wildman–Crippen LogP) is 5.22. The van der Waals surface area contributed by atoms with Gasteiger partial charge in [0, 0.05) is 30.4 Å². The molecule has 29 heavy (non-hydrogen) atoms. The smallest absolute Gasteiger partial charge is 0.240 e. The molecule has 0 radical (unpaired) electrons. The minimum Gasteiger partial charge on any atom is -0.348 e. The topological polar surface area (TPSA) is 46.1 Å². The number of fused-ring (bicyclic) bond motifs is 1. The van der Waals surface area contributed by atoms with E-state index in [9.17, 15) is 4.79 Å². The number of benzene rings is 3. The molecule has 1 amide bonds. The van der Waals surface area contributed by atoms with E-state index in [2.05, 4.69) is 16.3 Å². The summed E-state index contributed by atoms with van der Waals surface area (Å²) in [6.07, 6.45) is 0. The largest absolute Gasteiger partial charge is 0.348 e. The molecule has 0 fully saturated rings. The van der Waals surface area contributed by atoms with Crippen molar-refractivity contribution in [1.82, 2.24) is 15.1 Å². The van der Waals surface area contributed by atoms with Crippen LogP contribution in [0.2, 0.25) is 0 Å². The SMILES string of the molecule is CN(C)C(=O)[C@H](Sc1nnc(-c2ccccc2)c2ccccc12)c1ccccc1. The van der Waals surface area contributed by atoms with Crippen molar-refractivity contribution in [1.29, 1.82) is 0 Å². The molecule has 0 aliphatic rings. The van der Waals surface area contributed by atoms with E-state index in [-0.39, 0.29) is 11.2 Å². The Morgan fingerprint density at radius 3 is 2.03 bits per heavy atom. The lowest BCUT2D eigenvalue weighted by atomic mass is 10.1. The van der Waals surface area contributed by atoms with Gasteiger partial charge in [0.2, 0.25) is 5.91 Å². The molecule has 0 saturated carbocycles. The number of likely N-dealkylation sites (N-methyl/N-ethyl adjacent to an activating group) is 1. The summed E-state index contributed by atoms with van der Waals surface area (Å²) in [5.74, 6) is 0.0271. The Morgan fingerprint density at radius 1 is 0.793 bits per heavy atom. The van der Waals surface area contributed by atoms with E-state index in [0.29, 0.717) is 0 Å². The summed E-state index contributed by atoms with van der Waals surface area (Å²) in [5, 5.41) is 11.5. The zero-order valence-corrected chi connectivity index (χ0v) is 17.1. The molecule has 1 aromatic heterocycles. The molecule has 5 heteroatoms. The summed E-state index contributed by atoms with van der Waals surface area (Å²) >= 11 is 1.45. The molecular formula is C24H21N3OS. The highest BCUT2D eigenvalue weighted by molar-refractivity contribution is 8.00. The summed E-state index contributed by atoms with van der Waals surface area (Å²) in [7, 11) is 3.56. The second-order valence-electron chi connectivity index (χ2n) is 6.91. The molecule has 1 heterocycles. The van der Waals surface area contributed by atoms with Crippen molar-refractivity contribution in [2.24, 2.45) is 0 Å². The number of amides is 1. The molecule has 0 spiro atoms. The Labute approximate surface area is 174 Å². The fraction of sp³-hybridized carbons (Fsp3) is 0.125. The fourth-order valence-corrected chi connectivity index (χ4v) is 4.43. The zero-order valence-electron chi connectivity index (χ0n) is 16.3. The van der Waals surface area contributed by atoms with Crippen LogP contribution in [0.1, 0.15) is 10.8 Å². The number of carbonyl (C=O) groups is 1. The molecule has 0 N–H and O–H groups in total. The van der Waals surface area contributed by atoms with Crippen LogP contribution >= 0.6 is 11.8 Å². The maximum atomic E-state index is 12.9. The van der Waals surface area contributed by atoms with Crippen LogP contribution in [0, 0.1) is 0 Å². The quantitative estimate of drug-likeness (QED) is 0.432. The van der Waals surface area contributed by atoms with E-state index in [1.165, 1.54) is 11.8 Å². The van der Waals surface area contributed by atoms with E-state index in [0.717, 1.165) is 32.6 Å². The van der Waals surface area contributed by atoms with Crippen molar-refractivity contribution in [3.63, 3.8) is 0 Å². The second kappa shape index (κ2) is 8.45. The van der Waals surface area contributed by atoms with Crippen molar-refractivity contribution < 1.29 is 4.79 Å². The summed E-state index contributed by atoms with van der Waals surface area (Å²) in [5.41, 5.74) is 2.83. The normalized spacial score (nSPS) is 11.9. The molecule has 1 atom stereocenters. The predicted molar refractivity (Wildman–Crippen MR) is 119 cm³/mol. The van der Waals surface area contributed by atoms with Gasteiger partial charge in [0.15, 0.2) is 0 Å². The molecular weight excluding hydrogens is 378 g/mol. The Hall–Kier alpha value is -3.18. The van der Waals surface area contributed by atoms with Gasteiger partial charge in [-0.3, -0.25) is 4.79 Å². The minimum absolute atomic E-state index is 0.0271. The van der Waals surface area contributed by atoms with E-state index >= 15 is 0 Å². The van der Waals surface area contributed by atoms with E-state index in [4.69, 9.17) is 0 Å². The first-order chi connectivity index (χ1) is 14.1. The Kier molecular flexibility index (Phi) is 5.58. The van der Waals surface area contributed by atoms with Crippen LogP contribution < -0.4 is 0 Å². The third kappa shape index (κ3) is 4.00. The van der Waals surface area contributed by atoms with Gasteiger partial charge < -0.3 is 4.90 Å². The molecule has 0 bridgehead atoms.